The summed E-state index contributed by atoms with van der Waals surface area (Å²) in [5.74, 6) is 0.0403. The van der Waals surface area contributed by atoms with Gasteiger partial charge in [0.1, 0.15) is 0 Å². The average Bonchev–Trinajstić information content (AvgIpc) is 2.74. The smallest absolute Gasteiger partial charge is 0.181 e. The predicted molar refractivity (Wildman–Crippen MR) is 74.9 cm³/mol. The summed E-state index contributed by atoms with van der Waals surface area (Å²) in [7, 11) is 0. The van der Waals surface area contributed by atoms with Gasteiger partial charge in [-0.2, -0.15) is 0 Å². The van der Waals surface area contributed by atoms with E-state index in [2.05, 4.69) is 24.5 Å². The highest BCUT2D eigenvalue weighted by atomic mass is 16.1. The van der Waals surface area contributed by atoms with Crippen molar-refractivity contribution in [3.63, 3.8) is 0 Å². The Morgan fingerprint density at radius 1 is 1.39 bits per heavy atom. The van der Waals surface area contributed by atoms with Crippen LogP contribution in [0.25, 0.3) is 10.9 Å². The van der Waals surface area contributed by atoms with Gasteiger partial charge < -0.3 is 10.3 Å². The van der Waals surface area contributed by atoms with Gasteiger partial charge in [0.25, 0.3) is 0 Å². The molecule has 3 heteroatoms. The Labute approximate surface area is 108 Å². The van der Waals surface area contributed by atoms with Gasteiger partial charge in [0.15, 0.2) is 5.78 Å². The molecule has 1 unspecified atom stereocenters. The van der Waals surface area contributed by atoms with Crippen molar-refractivity contribution in [3.05, 3.63) is 35.5 Å². The predicted octanol–water partition coefficient (Wildman–Crippen LogP) is 2.89. The summed E-state index contributed by atoms with van der Waals surface area (Å²) in [6.45, 7) is 6.93. The number of ketones is 1. The van der Waals surface area contributed by atoms with Gasteiger partial charge in [0, 0.05) is 29.2 Å². The molecule has 1 heterocycles. The van der Waals surface area contributed by atoms with E-state index in [0.717, 1.165) is 23.0 Å². The van der Waals surface area contributed by atoms with E-state index in [9.17, 15) is 4.79 Å². The van der Waals surface area contributed by atoms with Crippen molar-refractivity contribution < 1.29 is 4.79 Å². The molecule has 0 radical (unpaired) electrons. The summed E-state index contributed by atoms with van der Waals surface area (Å²) in [5, 5.41) is 1.01. The molecule has 2 aromatic rings. The number of aryl methyl sites for hydroxylation is 2. The first kappa shape index (κ1) is 12.8. The van der Waals surface area contributed by atoms with Crippen LogP contribution in [-0.2, 0) is 6.54 Å². The van der Waals surface area contributed by atoms with Crippen LogP contribution < -0.4 is 5.73 Å². The lowest BCUT2D eigenvalue weighted by Crippen LogP contribution is -2.29. The molecule has 0 aliphatic carbocycles. The van der Waals surface area contributed by atoms with Gasteiger partial charge in [-0.1, -0.05) is 19.1 Å². The minimum Gasteiger partial charge on any atom is -0.347 e. The maximum Gasteiger partial charge on any atom is 0.181 e. The fourth-order valence-corrected chi connectivity index (χ4v) is 2.25. The molecular formula is C15H20N2O. The van der Waals surface area contributed by atoms with Crippen LogP contribution in [0.4, 0.5) is 0 Å². The van der Waals surface area contributed by atoms with E-state index >= 15 is 0 Å². The van der Waals surface area contributed by atoms with E-state index in [1.807, 2.05) is 25.3 Å². The minimum absolute atomic E-state index is 0.0403. The Morgan fingerprint density at radius 2 is 2.11 bits per heavy atom. The highest BCUT2D eigenvalue weighted by Gasteiger charge is 2.19. The van der Waals surface area contributed by atoms with Crippen LogP contribution in [0.2, 0.25) is 0 Å². The number of hydrogen-bond donors (Lipinski definition) is 1. The second kappa shape index (κ2) is 4.94. The van der Waals surface area contributed by atoms with Crippen LogP contribution >= 0.6 is 0 Å². The Bertz CT molecular complexity index is 583. The number of fused-ring (bicyclic) bond motifs is 1. The molecule has 0 fully saturated rings. The van der Waals surface area contributed by atoms with Gasteiger partial charge in [0.2, 0.25) is 0 Å². The molecule has 18 heavy (non-hydrogen) atoms. The molecule has 3 nitrogen and oxygen atoms in total. The summed E-state index contributed by atoms with van der Waals surface area (Å²) in [6, 6.07) is 5.78. The van der Waals surface area contributed by atoms with Crippen molar-refractivity contribution in [1.82, 2.24) is 4.57 Å². The maximum absolute atomic E-state index is 12.3. The molecule has 96 valence electrons. The fourth-order valence-electron chi connectivity index (χ4n) is 2.25. The highest BCUT2D eigenvalue weighted by molar-refractivity contribution is 6.10. The molecule has 1 atom stereocenters. The summed E-state index contributed by atoms with van der Waals surface area (Å²) < 4.78 is 2.11. The molecule has 0 aliphatic heterocycles. The van der Waals surface area contributed by atoms with E-state index in [1.165, 1.54) is 5.56 Å². The lowest BCUT2D eigenvalue weighted by molar-refractivity contribution is 0.0961. The average molecular weight is 244 g/mol. The largest absolute Gasteiger partial charge is 0.347 e. The number of benzene rings is 1. The van der Waals surface area contributed by atoms with Crippen LogP contribution in [0.1, 0.15) is 36.2 Å². The molecular weight excluding hydrogens is 224 g/mol. The first-order valence-corrected chi connectivity index (χ1v) is 6.47. The zero-order chi connectivity index (χ0) is 13.3. The summed E-state index contributed by atoms with van der Waals surface area (Å²) in [6.07, 6.45) is 2.60. The summed E-state index contributed by atoms with van der Waals surface area (Å²) in [5.41, 5.74) is 8.93. The maximum atomic E-state index is 12.3. The molecule has 0 bridgehead atoms. The number of nitrogens with zero attached hydrogens (tertiary/aromatic N) is 1. The number of rotatable bonds is 4. The van der Waals surface area contributed by atoms with Crippen molar-refractivity contribution in [2.24, 2.45) is 5.73 Å². The second-order valence-corrected chi connectivity index (χ2v) is 4.73. The third-order valence-corrected chi connectivity index (χ3v) is 3.42. The van der Waals surface area contributed by atoms with E-state index in [1.54, 1.807) is 0 Å². The van der Waals surface area contributed by atoms with Crippen molar-refractivity contribution in [2.45, 2.75) is 39.8 Å². The van der Waals surface area contributed by atoms with Gasteiger partial charge >= 0.3 is 0 Å². The lowest BCUT2D eigenvalue weighted by Gasteiger charge is -2.06. The summed E-state index contributed by atoms with van der Waals surface area (Å²) in [4.78, 5) is 12.3. The number of carbonyl (C=O) groups excluding carboxylic acids is 1. The molecule has 2 N–H and O–H groups in total. The van der Waals surface area contributed by atoms with Crippen LogP contribution in [0.5, 0.6) is 0 Å². The molecule has 0 amide bonds. The number of carbonyl (C=O) groups is 1. The topological polar surface area (TPSA) is 48.0 Å². The van der Waals surface area contributed by atoms with Gasteiger partial charge in [0.05, 0.1) is 6.04 Å². The van der Waals surface area contributed by atoms with Crippen molar-refractivity contribution in [2.75, 3.05) is 0 Å². The molecule has 0 aliphatic rings. The number of aromatic nitrogens is 1. The lowest BCUT2D eigenvalue weighted by atomic mass is 10.0. The number of Topliss-reactive ketones (excluding diaryl/α,β-unsaturated/α-hetero) is 1. The number of hydrogen-bond acceptors (Lipinski definition) is 2. The number of nitrogens with two attached hydrogens (primary N) is 1. The van der Waals surface area contributed by atoms with E-state index in [0.29, 0.717) is 6.42 Å². The second-order valence-electron chi connectivity index (χ2n) is 4.73. The molecule has 2 rings (SSSR count). The van der Waals surface area contributed by atoms with Gasteiger partial charge in [-0.25, -0.2) is 0 Å². The third kappa shape index (κ3) is 2.06. The minimum atomic E-state index is -0.401. The molecule has 0 spiro atoms. The Morgan fingerprint density at radius 3 is 2.72 bits per heavy atom. The van der Waals surface area contributed by atoms with Gasteiger partial charge in [-0.05, 0) is 31.9 Å². The zero-order valence-corrected chi connectivity index (χ0v) is 11.2. The third-order valence-electron chi connectivity index (χ3n) is 3.42. The van der Waals surface area contributed by atoms with Gasteiger partial charge in [-0.15, -0.1) is 0 Å². The normalized spacial score (nSPS) is 12.9. The Hall–Kier alpha value is -1.61. The molecule has 1 aromatic carbocycles. The molecule has 1 aromatic heterocycles. The molecule has 0 saturated heterocycles. The van der Waals surface area contributed by atoms with E-state index in [-0.39, 0.29) is 5.78 Å². The van der Waals surface area contributed by atoms with Gasteiger partial charge in [-0.3, -0.25) is 4.79 Å². The standard InChI is InChI=1S/C15H20N2O/c1-4-13(16)15(18)12-9-17(5-2)14-8-10(3)6-7-11(12)14/h6-9,13H,4-5,16H2,1-3H3. The summed E-state index contributed by atoms with van der Waals surface area (Å²) >= 11 is 0. The quantitative estimate of drug-likeness (QED) is 0.841. The first-order valence-electron chi connectivity index (χ1n) is 6.47. The fraction of sp³-hybridized carbons (Fsp3) is 0.400. The van der Waals surface area contributed by atoms with E-state index < -0.39 is 6.04 Å². The van der Waals surface area contributed by atoms with Crippen LogP contribution in [0.15, 0.2) is 24.4 Å². The zero-order valence-electron chi connectivity index (χ0n) is 11.2. The SMILES string of the molecule is CCC(N)C(=O)c1cn(CC)c2cc(C)ccc12. The van der Waals surface area contributed by atoms with Crippen molar-refractivity contribution in [3.8, 4) is 0 Å². The first-order chi connectivity index (χ1) is 8.58. The monoisotopic (exact) mass is 244 g/mol. The van der Waals surface area contributed by atoms with Crippen molar-refractivity contribution in [1.29, 1.82) is 0 Å². The Balaban J connectivity index is 2.62. The molecule has 0 saturated carbocycles. The highest BCUT2D eigenvalue weighted by Crippen LogP contribution is 2.24. The van der Waals surface area contributed by atoms with E-state index in [4.69, 9.17) is 5.73 Å². The van der Waals surface area contributed by atoms with Crippen LogP contribution in [-0.4, -0.2) is 16.4 Å². The Kier molecular flexibility index (Phi) is 3.53. The van der Waals surface area contributed by atoms with Crippen LogP contribution in [0, 0.1) is 6.92 Å². The van der Waals surface area contributed by atoms with Crippen LogP contribution in [0.3, 0.4) is 0 Å². The van der Waals surface area contributed by atoms with Crippen molar-refractivity contribution >= 4 is 16.7 Å².